The van der Waals surface area contributed by atoms with Gasteiger partial charge in [0.1, 0.15) is 0 Å². The van der Waals surface area contributed by atoms with Crippen molar-refractivity contribution in [1.29, 1.82) is 0 Å². The first-order valence-electron chi connectivity index (χ1n) is 13.3. The molecule has 194 valence electrons. The largest absolute Gasteiger partial charge is 0.481 e. The Labute approximate surface area is 212 Å². The number of carboxylic acids is 1. The van der Waals surface area contributed by atoms with E-state index in [0.29, 0.717) is 12.8 Å². The van der Waals surface area contributed by atoms with Gasteiger partial charge in [0.05, 0.1) is 13.0 Å². The molecule has 0 aromatic rings. The summed E-state index contributed by atoms with van der Waals surface area (Å²) in [5.41, 5.74) is 4.80. The lowest BCUT2D eigenvalue weighted by Gasteiger charge is -2.56. The van der Waals surface area contributed by atoms with Crippen molar-refractivity contribution in [2.75, 3.05) is 7.11 Å². The summed E-state index contributed by atoms with van der Waals surface area (Å²) in [6.07, 6.45) is 13.4. The van der Waals surface area contributed by atoms with Gasteiger partial charge in [-0.2, -0.15) is 0 Å². The fourth-order valence-electron chi connectivity index (χ4n) is 7.77. The van der Waals surface area contributed by atoms with Gasteiger partial charge < -0.3 is 9.84 Å². The predicted molar refractivity (Wildman–Crippen MR) is 142 cm³/mol. The highest BCUT2D eigenvalue weighted by atomic mass is 16.5. The van der Waals surface area contributed by atoms with Gasteiger partial charge in [0, 0.05) is 6.42 Å². The van der Waals surface area contributed by atoms with Crippen LogP contribution in [0.15, 0.2) is 47.1 Å². The monoisotopic (exact) mass is 482 g/mol. The van der Waals surface area contributed by atoms with E-state index < -0.39 is 5.97 Å². The molecule has 0 spiro atoms. The number of ether oxygens (including phenoxy) is 1. The minimum Gasteiger partial charge on any atom is -0.481 e. The molecule has 1 fully saturated rings. The number of carbonyl (C=O) groups is 2. The van der Waals surface area contributed by atoms with Gasteiger partial charge in [-0.25, -0.2) is 0 Å². The molecule has 0 aromatic carbocycles. The zero-order chi connectivity index (χ0) is 26.2. The summed E-state index contributed by atoms with van der Waals surface area (Å²) in [5.74, 6) is -0.722. The molecule has 0 aromatic heterocycles. The van der Waals surface area contributed by atoms with Crippen LogP contribution in [0.3, 0.4) is 0 Å². The van der Waals surface area contributed by atoms with Gasteiger partial charge in [0.2, 0.25) is 0 Å². The lowest BCUT2D eigenvalue weighted by atomic mass is 9.48. The van der Waals surface area contributed by atoms with Gasteiger partial charge in [-0.05, 0) is 105 Å². The maximum atomic E-state index is 12.5. The summed E-state index contributed by atoms with van der Waals surface area (Å²) < 4.78 is 4.98. The third-order valence-electron chi connectivity index (χ3n) is 10.1. The van der Waals surface area contributed by atoms with Gasteiger partial charge in [0.25, 0.3) is 0 Å². The highest BCUT2D eigenvalue weighted by molar-refractivity contribution is 5.71. The number of rotatable bonds is 9. The molecule has 4 nitrogen and oxygen atoms in total. The minimum atomic E-state index is -0.653. The van der Waals surface area contributed by atoms with E-state index >= 15 is 0 Å². The van der Waals surface area contributed by atoms with Crippen LogP contribution in [0.25, 0.3) is 0 Å². The highest BCUT2D eigenvalue weighted by Crippen LogP contribution is 2.70. The van der Waals surface area contributed by atoms with Gasteiger partial charge >= 0.3 is 11.9 Å². The minimum absolute atomic E-state index is 0.0709. The van der Waals surface area contributed by atoms with Crippen molar-refractivity contribution < 1.29 is 19.4 Å². The van der Waals surface area contributed by atoms with E-state index in [4.69, 9.17) is 4.74 Å². The van der Waals surface area contributed by atoms with E-state index in [9.17, 15) is 14.7 Å². The summed E-state index contributed by atoms with van der Waals surface area (Å²) in [6.45, 7) is 17.6. The Hall–Kier alpha value is -2.10. The van der Waals surface area contributed by atoms with E-state index in [1.54, 1.807) is 0 Å². The number of methoxy groups -OCH3 is 1. The molecule has 1 saturated carbocycles. The molecule has 1 N–H and O–H groups in total. The zero-order valence-corrected chi connectivity index (χ0v) is 23.0. The number of hydrogen-bond acceptors (Lipinski definition) is 3. The number of aliphatic carboxylic acids is 1. The van der Waals surface area contributed by atoms with Crippen molar-refractivity contribution in [3.63, 3.8) is 0 Å². The lowest BCUT2D eigenvalue weighted by Crippen LogP contribution is -2.48. The Morgan fingerprint density at radius 2 is 1.89 bits per heavy atom. The van der Waals surface area contributed by atoms with Crippen molar-refractivity contribution in [2.45, 2.75) is 92.9 Å². The molecule has 35 heavy (non-hydrogen) atoms. The summed E-state index contributed by atoms with van der Waals surface area (Å²) in [5, 5.41) is 10.2. The first kappa shape index (κ1) is 27.5. The maximum Gasteiger partial charge on any atom is 0.306 e. The van der Waals surface area contributed by atoms with E-state index in [0.717, 1.165) is 44.1 Å². The van der Waals surface area contributed by atoms with Crippen LogP contribution in [0.1, 0.15) is 92.9 Å². The van der Waals surface area contributed by atoms with Crippen LogP contribution in [0.2, 0.25) is 0 Å². The van der Waals surface area contributed by atoms with Gasteiger partial charge in [-0.3, -0.25) is 9.59 Å². The average molecular weight is 483 g/mol. The lowest BCUT2D eigenvalue weighted by molar-refractivity contribution is -0.146. The van der Waals surface area contributed by atoms with E-state index in [-0.39, 0.29) is 40.0 Å². The number of hydrogen-bond donors (Lipinski definition) is 1. The highest BCUT2D eigenvalue weighted by Gasteiger charge is 2.62. The van der Waals surface area contributed by atoms with Crippen LogP contribution >= 0.6 is 0 Å². The molecule has 4 heteroatoms. The molecular formula is C31H46O4. The number of carbonyl (C=O) groups excluding carboxylic acids is 1. The molecule has 0 unspecified atom stereocenters. The van der Waals surface area contributed by atoms with Crippen LogP contribution in [0, 0.1) is 34.0 Å². The van der Waals surface area contributed by atoms with Crippen LogP contribution in [0.5, 0.6) is 0 Å². The summed E-state index contributed by atoms with van der Waals surface area (Å²) in [7, 11) is 1.45. The maximum absolute atomic E-state index is 12.5. The van der Waals surface area contributed by atoms with Crippen molar-refractivity contribution in [3.05, 3.63) is 47.1 Å². The van der Waals surface area contributed by atoms with Crippen LogP contribution in [0.4, 0.5) is 0 Å². The SMILES string of the molecule is C=C(C)[C@@H]1CC=C2C(=CC[C@]3(C)[C@@H]([C@@H](CCC=C(C)C)C(=O)O)CC[C@@]23C)[C@@]1(C)CCC(=O)OC. The zero-order valence-electron chi connectivity index (χ0n) is 23.0. The molecule has 3 aliphatic rings. The quantitative estimate of drug-likeness (QED) is 0.270. The average Bonchev–Trinajstić information content (AvgIpc) is 3.06. The van der Waals surface area contributed by atoms with Gasteiger partial charge in [-0.1, -0.05) is 56.7 Å². The number of fused-ring (bicyclic) bond motifs is 3. The molecule has 0 radical (unpaired) electrons. The van der Waals surface area contributed by atoms with Gasteiger partial charge in [-0.15, -0.1) is 0 Å². The Bertz CT molecular complexity index is 964. The van der Waals surface area contributed by atoms with Crippen molar-refractivity contribution >= 4 is 11.9 Å². The van der Waals surface area contributed by atoms with Crippen molar-refractivity contribution in [1.82, 2.24) is 0 Å². The number of carboxylic acid groups (broad SMARTS) is 1. The van der Waals surface area contributed by atoms with E-state index in [1.807, 2.05) is 0 Å². The molecular weight excluding hydrogens is 436 g/mol. The number of esters is 1. The van der Waals surface area contributed by atoms with E-state index in [1.165, 1.54) is 23.8 Å². The fraction of sp³-hybridized carbons (Fsp3) is 0.677. The normalized spacial score (nSPS) is 34.6. The molecule has 0 bridgehead atoms. The second-order valence-corrected chi connectivity index (χ2v) is 12.3. The van der Waals surface area contributed by atoms with Crippen LogP contribution in [-0.4, -0.2) is 24.2 Å². The third-order valence-corrected chi connectivity index (χ3v) is 10.1. The van der Waals surface area contributed by atoms with Crippen molar-refractivity contribution in [3.8, 4) is 0 Å². The molecule has 0 heterocycles. The summed E-state index contributed by atoms with van der Waals surface area (Å²) in [4.78, 5) is 24.6. The third kappa shape index (κ3) is 4.70. The second kappa shape index (κ2) is 10.1. The molecule has 3 rings (SSSR count). The first-order chi connectivity index (χ1) is 16.3. The Morgan fingerprint density at radius 1 is 1.20 bits per heavy atom. The Kier molecular flexibility index (Phi) is 7.94. The van der Waals surface area contributed by atoms with Gasteiger partial charge in [0.15, 0.2) is 0 Å². The molecule has 0 amide bonds. The first-order valence-corrected chi connectivity index (χ1v) is 13.3. The van der Waals surface area contributed by atoms with E-state index in [2.05, 4.69) is 66.3 Å². The predicted octanol–water partition coefficient (Wildman–Crippen LogP) is 7.67. The summed E-state index contributed by atoms with van der Waals surface area (Å²) >= 11 is 0. The van der Waals surface area contributed by atoms with Crippen LogP contribution in [-0.2, 0) is 14.3 Å². The van der Waals surface area contributed by atoms with Crippen LogP contribution < -0.4 is 0 Å². The molecule has 6 atom stereocenters. The van der Waals surface area contributed by atoms with Crippen molar-refractivity contribution in [2.24, 2.45) is 34.0 Å². The standard InChI is InChI=1S/C31H46O4/c1-20(2)10-9-11-22(28(33)34)24-14-18-31(7)26-13-12-23(21(3)4)29(5,17-16-27(32)35-8)25(26)15-19-30(24,31)6/h10,13,15,22-24H,3,9,11-12,14,16-19H2,1-2,4-8H3,(H,33,34)/t22-,23+,24-,29+,30-,31+/m1/s1. The molecule has 0 saturated heterocycles. The Morgan fingerprint density at radius 3 is 2.46 bits per heavy atom. The Balaban J connectivity index is 2.00. The number of allylic oxidation sites excluding steroid dienone is 7. The molecule has 3 aliphatic carbocycles. The summed E-state index contributed by atoms with van der Waals surface area (Å²) in [6, 6.07) is 0. The fourth-order valence-corrected chi connectivity index (χ4v) is 7.77. The topological polar surface area (TPSA) is 63.6 Å². The molecule has 0 aliphatic heterocycles. The smallest absolute Gasteiger partial charge is 0.306 e. The second-order valence-electron chi connectivity index (χ2n) is 12.3.